The van der Waals surface area contributed by atoms with E-state index < -0.39 is 35.9 Å². The quantitative estimate of drug-likeness (QED) is 0.352. The molecule has 0 bridgehead atoms. The van der Waals surface area contributed by atoms with Gasteiger partial charge >= 0.3 is 18.2 Å². The first-order valence-electron chi connectivity index (χ1n) is 11.3. The summed E-state index contributed by atoms with van der Waals surface area (Å²) in [5, 5.41) is 17.0. The van der Waals surface area contributed by atoms with Crippen molar-refractivity contribution in [1.29, 1.82) is 0 Å². The Kier molecular flexibility index (Phi) is 7.58. The van der Waals surface area contributed by atoms with E-state index in [0.29, 0.717) is 47.9 Å². The van der Waals surface area contributed by atoms with Gasteiger partial charge in [0, 0.05) is 23.6 Å². The van der Waals surface area contributed by atoms with Crippen molar-refractivity contribution >= 4 is 23.6 Å². The summed E-state index contributed by atoms with van der Waals surface area (Å²) in [4.78, 5) is 25.1. The third-order valence-electron chi connectivity index (χ3n) is 5.85. The Morgan fingerprint density at radius 1 is 1.08 bits per heavy atom. The van der Waals surface area contributed by atoms with E-state index in [4.69, 9.17) is 21.2 Å². The Balaban J connectivity index is 0.000000283. The van der Waals surface area contributed by atoms with Crippen LogP contribution < -0.4 is 10.6 Å². The zero-order valence-electron chi connectivity index (χ0n) is 19.6. The lowest BCUT2D eigenvalue weighted by Gasteiger charge is -2.15. The lowest BCUT2D eigenvalue weighted by atomic mass is 9.95. The molecule has 2 aliphatic rings. The van der Waals surface area contributed by atoms with Gasteiger partial charge in [0.2, 0.25) is 11.7 Å². The Labute approximate surface area is 217 Å². The van der Waals surface area contributed by atoms with Gasteiger partial charge in [0.1, 0.15) is 11.6 Å². The molecule has 202 valence electrons. The summed E-state index contributed by atoms with van der Waals surface area (Å²) in [5.41, 5.74) is 1.74. The molecule has 2 amide bonds. The van der Waals surface area contributed by atoms with Crippen LogP contribution in [0.4, 0.5) is 26.7 Å². The van der Waals surface area contributed by atoms with Crippen LogP contribution >= 0.6 is 11.6 Å². The number of hydrogen-bond acceptors (Lipinski definition) is 5. The minimum atomic E-state index is -4.72. The number of hydrogen-bond donors (Lipinski definition) is 3. The lowest BCUT2D eigenvalue weighted by Crippen LogP contribution is -2.37. The first kappa shape index (κ1) is 27.3. The zero-order chi connectivity index (χ0) is 27.8. The number of halogens is 6. The van der Waals surface area contributed by atoms with Gasteiger partial charge in [-0.15, -0.1) is 0 Å². The summed E-state index contributed by atoms with van der Waals surface area (Å²) in [7, 11) is 0. The summed E-state index contributed by atoms with van der Waals surface area (Å²) < 4.78 is 68.8. The van der Waals surface area contributed by atoms with E-state index in [1.807, 2.05) is 5.32 Å². The molecule has 2 aromatic carbocycles. The van der Waals surface area contributed by atoms with Gasteiger partial charge < -0.3 is 20.3 Å². The highest BCUT2D eigenvalue weighted by molar-refractivity contribution is 6.31. The van der Waals surface area contributed by atoms with Gasteiger partial charge in [-0.25, -0.2) is 13.6 Å². The number of carbonyl (C=O) groups is 2. The van der Waals surface area contributed by atoms with E-state index in [1.165, 1.54) is 12.1 Å². The average Bonchev–Trinajstić information content (AvgIpc) is 3.38. The molecular weight excluding hydrogens is 539 g/mol. The van der Waals surface area contributed by atoms with Gasteiger partial charge in [0.15, 0.2) is 0 Å². The number of benzene rings is 2. The smallest absolute Gasteiger partial charge is 0.465 e. The fraction of sp³-hybridized carbons (Fsp3) is 0.333. The number of fused-ring (bicyclic) bond motifs is 1. The van der Waals surface area contributed by atoms with Crippen molar-refractivity contribution in [2.24, 2.45) is 0 Å². The van der Waals surface area contributed by atoms with Crippen molar-refractivity contribution in [3.8, 4) is 22.5 Å². The highest BCUT2D eigenvalue weighted by atomic mass is 35.5. The Hall–Kier alpha value is -3.74. The van der Waals surface area contributed by atoms with E-state index in [9.17, 15) is 31.5 Å². The number of carbonyl (C=O) groups excluding carboxylic acids is 1. The number of carboxylic acid groups (broad SMARTS) is 1. The molecule has 38 heavy (non-hydrogen) atoms. The highest BCUT2D eigenvalue weighted by Gasteiger charge is 2.41. The molecule has 3 N–H and O–H groups in total. The summed E-state index contributed by atoms with van der Waals surface area (Å²) in [6, 6.07) is 4.74. The number of alkyl halides is 3. The second-order valence-corrected chi connectivity index (χ2v) is 9.20. The van der Waals surface area contributed by atoms with Gasteiger partial charge in [-0.3, -0.25) is 4.79 Å². The summed E-state index contributed by atoms with van der Waals surface area (Å²) in [6.45, 7) is 1.58. The monoisotopic (exact) mass is 558 g/mol. The molecule has 0 saturated heterocycles. The van der Waals surface area contributed by atoms with Crippen molar-refractivity contribution in [3.63, 3.8) is 0 Å². The molecule has 3 aromatic rings. The van der Waals surface area contributed by atoms with Gasteiger partial charge in [-0.2, -0.15) is 18.2 Å². The predicted octanol–water partition coefficient (Wildman–Crippen LogP) is 5.73. The maximum absolute atomic E-state index is 14.9. The number of nitrogens with zero attached hydrogens (tertiary/aromatic N) is 2. The SMILES string of the molecule is Cc1nc(-c2c(F)cc(Cl)cc2-c2cc(F)c3c(c2)CCC3NC(=O)O)no1.O=C(NC1CC1)C(F)(F)F. The highest BCUT2D eigenvalue weighted by Crippen LogP contribution is 2.40. The molecule has 0 spiro atoms. The molecule has 1 saturated carbocycles. The van der Waals surface area contributed by atoms with E-state index in [-0.39, 0.29) is 28.3 Å². The van der Waals surface area contributed by atoms with Crippen LogP contribution in [0.3, 0.4) is 0 Å². The summed E-state index contributed by atoms with van der Waals surface area (Å²) in [5.74, 6) is -2.75. The minimum absolute atomic E-state index is 0.0352. The van der Waals surface area contributed by atoms with Crippen molar-refractivity contribution in [1.82, 2.24) is 20.8 Å². The number of aryl methyl sites for hydroxylation is 2. The zero-order valence-corrected chi connectivity index (χ0v) is 20.4. The van der Waals surface area contributed by atoms with Crippen LogP contribution in [-0.2, 0) is 11.2 Å². The normalized spacial score (nSPS) is 16.3. The van der Waals surface area contributed by atoms with Crippen LogP contribution in [0.2, 0.25) is 5.02 Å². The van der Waals surface area contributed by atoms with Crippen molar-refractivity contribution in [2.45, 2.75) is 50.9 Å². The van der Waals surface area contributed by atoms with Gasteiger partial charge in [0.25, 0.3) is 0 Å². The van der Waals surface area contributed by atoms with Crippen molar-refractivity contribution in [2.75, 3.05) is 0 Å². The van der Waals surface area contributed by atoms with E-state index in [0.717, 1.165) is 6.07 Å². The summed E-state index contributed by atoms with van der Waals surface area (Å²) in [6.07, 6.45) is -3.66. The van der Waals surface area contributed by atoms with Gasteiger partial charge in [-0.1, -0.05) is 22.8 Å². The minimum Gasteiger partial charge on any atom is -0.465 e. The summed E-state index contributed by atoms with van der Waals surface area (Å²) >= 11 is 6.03. The van der Waals surface area contributed by atoms with Crippen molar-refractivity contribution in [3.05, 3.63) is 57.9 Å². The van der Waals surface area contributed by atoms with Crippen LogP contribution in [-0.4, -0.2) is 39.5 Å². The third kappa shape index (κ3) is 6.21. The molecule has 2 aliphatic carbocycles. The van der Waals surface area contributed by atoms with E-state index in [2.05, 4.69) is 15.5 Å². The van der Waals surface area contributed by atoms with Gasteiger partial charge in [0.05, 0.1) is 11.6 Å². The van der Waals surface area contributed by atoms with Crippen LogP contribution in [0.5, 0.6) is 0 Å². The number of nitrogens with one attached hydrogen (secondary N) is 2. The molecule has 1 unspecified atom stereocenters. The Bertz CT molecular complexity index is 1390. The first-order valence-corrected chi connectivity index (χ1v) is 11.7. The lowest BCUT2D eigenvalue weighted by molar-refractivity contribution is -0.173. The molecule has 14 heteroatoms. The standard InChI is InChI=1S/C19H14ClF2N3O3.C5H6F3NO/c1-8-23-18(25-28-8)17-12(6-11(20)7-14(17)22)10-4-9-2-3-15(24-19(26)27)16(9)13(21)5-10;6-5(7,8)4(10)9-3-1-2-3/h4-7,15,24H,2-3H2,1H3,(H,26,27);3H,1-2H2,(H,9,10). The maximum atomic E-state index is 14.9. The molecule has 1 aromatic heterocycles. The number of aromatic nitrogens is 2. The van der Waals surface area contributed by atoms with E-state index in [1.54, 1.807) is 13.0 Å². The molecule has 8 nitrogen and oxygen atoms in total. The van der Waals surface area contributed by atoms with E-state index >= 15 is 0 Å². The fourth-order valence-corrected chi connectivity index (χ4v) is 4.29. The fourth-order valence-electron chi connectivity index (χ4n) is 4.09. The van der Waals surface area contributed by atoms with Crippen LogP contribution in [0.1, 0.15) is 42.3 Å². The first-order chi connectivity index (χ1) is 17.8. The second-order valence-electron chi connectivity index (χ2n) is 8.76. The predicted molar refractivity (Wildman–Crippen MR) is 124 cm³/mol. The van der Waals surface area contributed by atoms with Gasteiger partial charge in [-0.05, 0) is 60.6 Å². The average molecular weight is 559 g/mol. The second kappa shape index (κ2) is 10.6. The molecule has 1 atom stereocenters. The van der Waals surface area contributed by atoms with Crippen molar-refractivity contribution < 1.29 is 41.2 Å². The molecule has 0 aliphatic heterocycles. The largest absolute Gasteiger partial charge is 0.471 e. The molecule has 1 heterocycles. The number of amides is 2. The topological polar surface area (TPSA) is 117 Å². The molecule has 5 rings (SSSR count). The van der Waals surface area contributed by atoms with Crippen LogP contribution in [0.15, 0.2) is 28.8 Å². The molecular formula is C24H20ClF5N4O4. The molecule has 1 fully saturated rings. The maximum Gasteiger partial charge on any atom is 0.471 e. The Morgan fingerprint density at radius 2 is 1.79 bits per heavy atom. The molecule has 0 radical (unpaired) electrons. The Morgan fingerprint density at radius 3 is 2.37 bits per heavy atom. The number of rotatable bonds is 4. The third-order valence-corrected chi connectivity index (χ3v) is 6.07. The van der Waals surface area contributed by atoms with Crippen LogP contribution in [0.25, 0.3) is 22.5 Å². The van der Waals surface area contributed by atoms with Crippen LogP contribution in [0, 0.1) is 18.6 Å².